The van der Waals surface area contributed by atoms with Crippen molar-refractivity contribution in [2.24, 2.45) is 0 Å². The Kier molecular flexibility index (Phi) is 4.40. The highest BCUT2D eigenvalue weighted by atomic mass is 14.9. The first-order chi connectivity index (χ1) is 10.2. The number of benzene rings is 2. The van der Waals surface area contributed by atoms with Crippen LogP contribution < -0.4 is 5.32 Å². The fourth-order valence-corrected chi connectivity index (χ4v) is 3.43. The minimum atomic E-state index is 0.390. The number of rotatable bonds is 3. The first kappa shape index (κ1) is 14.3. The molecule has 2 atom stereocenters. The molecule has 1 aliphatic rings. The Labute approximate surface area is 128 Å². The fraction of sp³-hybridized carbons (Fsp3) is 0.400. The van der Waals surface area contributed by atoms with E-state index < -0.39 is 0 Å². The van der Waals surface area contributed by atoms with Gasteiger partial charge in [-0.05, 0) is 49.8 Å². The van der Waals surface area contributed by atoms with Crippen molar-refractivity contribution in [1.82, 2.24) is 5.32 Å². The summed E-state index contributed by atoms with van der Waals surface area (Å²) in [6.07, 6.45) is 5.10. The molecule has 0 spiro atoms. The summed E-state index contributed by atoms with van der Waals surface area (Å²) in [5, 5.41) is 3.86. The van der Waals surface area contributed by atoms with E-state index in [1.807, 2.05) is 0 Å². The Hall–Kier alpha value is -1.60. The third-order valence-electron chi connectivity index (χ3n) is 4.61. The van der Waals surface area contributed by atoms with E-state index in [9.17, 15) is 0 Å². The van der Waals surface area contributed by atoms with E-state index in [0.717, 1.165) is 0 Å². The molecule has 0 aromatic heterocycles. The fourth-order valence-electron chi connectivity index (χ4n) is 3.43. The van der Waals surface area contributed by atoms with Crippen molar-refractivity contribution >= 4 is 0 Å². The van der Waals surface area contributed by atoms with E-state index in [0.29, 0.717) is 12.1 Å². The van der Waals surface area contributed by atoms with Gasteiger partial charge in [0.1, 0.15) is 0 Å². The quantitative estimate of drug-likeness (QED) is 0.769. The van der Waals surface area contributed by atoms with E-state index in [-0.39, 0.29) is 0 Å². The van der Waals surface area contributed by atoms with Gasteiger partial charge in [0.15, 0.2) is 0 Å². The zero-order chi connectivity index (χ0) is 14.7. The molecule has 0 saturated heterocycles. The van der Waals surface area contributed by atoms with Crippen LogP contribution in [0.3, 0.4) is 0 Å². The maximum atomic E-state index is 3.86. The van der Waals surface area contributed by atoms with Gasteiger partial charge in [0.2, 0.25) is 0 Å². The molecule has 1 unspecified atom stereocenters. The third kappa shape index (κ3) is 3.36. The second kappa shape index (κ2) is 6.44. The van der Waals surface area contributed by atoms with Gasteiger partial charge in [0, 0.05) is 12.1 Å². The van der Waals surface area contributed by atoms with Gasteiger partial charge < -0.3 is 5.32 Å². The van der Waals surface area contributed by atoms with Crippen molar-refractivity contribution in [1.29, 1.82) is 0 Å². The summed E-state index contributed by atoms with van der Waals surface area (Å²) in [5.41, 5.74) is 5.76. The average molecular weight is 279 g/mol. The molecule has 1 nitrogen and oxygen atoms in total. The van der Waals surface area contributed by atoms with Gasteiger partial charge in [-0.1, -0.05) is 60.5 Å². The summed E-state index contributed by atoms with van der Waals surface area (Å²) in [4.78, 5) is 0. The predicted molar refractivity (Wildman–Crippen MR) is 89.5 cm³/mol. The topological polar surface area (TPSA) is 12.0 Å². The van der Waals surface area contributed by atoms with Crippen molar-refractivity contribution in [2.45, 2.75) is 51.6 Å². The van der Waals surface area contributed by atoms with Crippen LogP contribution in [0, 0.1) is 6.92 Å². The molecule has 2 aromatic carbocycles. The Balaban J connectivity index is 1.81. The van der Waals surface area contributed by atoms with Crippen LogP contribution in [0.25, 0.3) is 0 Å². The molecule has 1 heteroatoms. The molecule has 0 aliphatic heterocycles. The van der Waals surface area contributed by atoms with Crippen LogP contribution in [0.1, 0.15) is 60.5 Å². The van der Waals surface area contributed by atoms with Crippen LogP contribution in [0.15, 0.2) is 48.5 Å². The van der Waals surface area contributed by atoms with Crippen LogP contribution in [0.4, 0.5) is 0 Å². The number of nitrogens with one attached hydrogen (secondary N) is 1. The van der Waals surface area contributed by atoms with Gasteiger partial charge >= 0.3 is 0 Å². The van der Waals surface area contributed by atoms with Crippen molar-refractivity contribution < 1.29 is 0 Å². The molecule has 110 valence electrons. The molecule has 2 aromatic rings. The van der Waals surface area contributed by atoms with Crippen molar-refractivity contribution in [3.05, 3.63) is 70.8 Å². The standard InChI is InChI=1S/C20H25N/c1-15-8-7-11-18(14-15)16(2)21-20-13-6-4-10-17-9-3-5-12-19(17)20/h3,5,7-9,11-12,14,16,20-21H,4,6,10,13H2,1-2H3/t16-,20?/m0/s1. The largest absolute Gasteiger partial charge is 0.303 e. The number of aryl methyl sites for hydroxylation is 2. The summed E-state index contributed by atoms with van der Waals surface area (Å²) in [6.45, 7) is 4.44. The molecule has 1 N–H and O–H groups in total. The highest BCUT2D eigenvalue weighted by Gasteiger charge is 2.20. The first-order valence-electron chi connectivity index (χ1n) is 8.14. The van der Waals surface area contributed by atoms with Crippen LogP contribution in [-0.2, 0) is 6.42 Å². The molecule has 0 amide bonds. The molecule has 0 radical (unpaired) electrons. The normalized spacial score (nSPS) is 19.6. The lowest BCUT2D eigenvalue weighted by atomic mass is 9.97. The lowest BCUT2D eigenvalue weighted by Gasteiger charge is -2.24. The molecular weight excluding hydrogens is 254 g/mol. The summed E-state index contributed by atoms with van der Waals surface area (Å²) in [5.74, 6) is 0. The maximum absolute atomic E-state index is 3.86. The number of fused-ring (bicyclic) bond motifs is 1. The molecule has 0 bridgehead atoms. The Morgan fingerprint density at radius 2 is 1.90 bits per heavy atom. The van der Waals surface area contributed by atoms with Gasteiger partial charge in [-0.2, -0.15) is 0 Å². The molecule has 0 heterocycles. The maximum Gasteiger partial charge on any atom is 0.0328 e. The lowest BCUT2D eigenvalue weighted by molar-refractivity contribution is 0.437. The van der Waals surface area contributed by atoms with Crippen LogP contribution in [0.5, 0.6) is 0 Å². The van der Waals surface area contributed by atoms with Crippen molar-refractivity contribution in [3.8, 4) is 0 Å². The molecule has 0 saturated carbocycles. The van der Waals surface area contributed by atoms with E-state index >= 15 is 0 Å². The highest BCUT2D eigenvalue weighted by molar-refractivity contribution is 5.32. The number of hydrogen-bond donors (Lipinski definition) is 1. The zero-order valence-corrected chi connectivity index (χ0v) is 13.1. The van der Waals surface area contributed by atoms with E-state index in [1.165, 1.54) is 47.9 Å². The van der Waals surface area contributed by atoms with E-state index in [2.05, 4.69) is 67.7 Å². The van der Waals surface area contributed by atoms with Crippen LogP contribution in [0.2, 0.25) is 0 Å². The second-order valence-electron chi connectivity index (χ2n) is 6.30. The van der Waals surface area contributed by atoms with Gasteiger partial charge in [-0.25, -0.2) is 0 Å². The van der Waals surface area contributed by atoms with Gasteiger partial charge in [0.05, 0.1) is 0 Å². The zero-order valence-electron chi connectivity index (χ0n) is 13.1. The average Bonchev–Trinajstić information content (AvgIpc) is 2.70. The highest BCUT2D eigenvalue weighted by Crippen LogP contribution is 2.30. The monoisotopic (exact) mass is 279 g/mol. The minimum absolute atomic E-state index is 0.390. The molecule has 3 rings (SSSR count). The first-order valence-corrected chi connectivity index (χ1v) is 8.14. The Morgan fingerprint density at radius 1 is 1.05 bits per heavy atom. The summed E-state index contributed by atoms with van der Waals surface area (Å²) in [7, 11) is 0. The van der Waals surface area contributed by atoms with Crippen molar-refractivity contribution in [2.75, 3.05) is 0 Å². The molecule has 1 aliphatic carbocycles. The van der Waals surface area contributed by atoms with E-state index in [4.69, 9.17) is 0 Å². The summed E-state index contributed by atoms with van der Waals surface area (Å²) >= 11 is 0. The molecule has 0 fully saturated rings. The number of hydrogen-bond acceptors (Lipinski definition) is 1. The predicted octanol–water partition coefficient (Wildman–Crippen LogP) is 5.11. The molecule has 21 heavy (non-hydrogen) atoms. The van der Waals surface area contributed by atoms with Gasteiger partial charge in [-0.3, -0.25) is 0 Å². The second-order valence-corrected chi connectivity index (χ2v) is 6.30. The third-order valence-corrected chi connectivity index (χ3v) is 4.61. The summed E-state index contributed by atoms with van der Waals surface area (Å²) in [6, 6.07) is 18.7. The summed E-state index contributed by atoms with van der Waals surface area (Å²) < 4.78 is 0. The van der Waals surface area contributed by atoms with Crippen molar-refractivity contribution in [3.63, 3.8) is 0 Å². The van der Waals surface area contributed by atoms with E-state index in [1.54, 1.807) is 0 Å². The molecular formula is C20H25N. The van der Waals surface area contributed by atoms with Gasteiger partial charge in [-0.15, -0.1) is 0 Å². The minimum Gasteiger partial charge on any atom is -0.303 e. The van der Waals surface area contributed by atoms with Gasteiger partial charge in [0.25, 0.3) is 0 Å². The Morgan fingerprint density at radius 3 is 2.76 bits per heavy atom. The lowest BCUT2D eigenvalue weighted by Crippen LogP contribution is -2.25. The Bertz CT molecular complexity index is 602. The SMILES string of the molecule is Cc1cccc([C@H](C)NC2CCCCc3ccccc32)c1. The smallest absolute Gasteiger partial charge is 0.0328 e. The van der Waals surface area contributed by atoms with Crippen LogP contribution >= 0.6 is 0 Å². The van der Waals surface area contributed by atoms with Crippen LogP contribution in [-0.4, -0.2) is 0 Å².